The van der Waals surface area contributed by atoms with Crippen molar-refractivity contribution in [2.45, 2.75) is 6.17 Å². The van der Waals surface area contributed by atoms with Gasteiger partial charge in [-0.15, -0.1) is 0 Å². The first-order valence-electron chi connectivity index (χ1n) is 7.30. The molecule has 0 N–H and O–H groups in total. The Morgan fingerprint density at radius 2 is 1.43 bits per heavy atom. The molecular weight excluding hydrogens is 258 g/mol. The molecule has 1 heterocycles. The number of fused-ring (bicyclic) bond motifs is 3. The summed E-state index contributed by atoms with van der Waals surface area (Å²) in [6.45, 7) is 0. The van der Waals surface area contributed by atoms with Gasteiger partial charge in [-0.3, -0.25) is 9.80 Å². The largest absolute Gasteiger partial charge is 0.344 e. The van der Waals surface area contributed by atoms with Crippen LogP contribution in [0.3, 0.4) is 0 Å². The highest BCUT2D eigenvalue weighted by atomic mass is 15.3. The fraction of sp³-hybridized carbons (Fsp3) is 0.333. The third-order valence-corrected chi connectivity index (χ3v) is 4.21. The Kier molecular flexibility index (Phi) is 3.47. The maximum atomic E-state index is 2.34. The van der Waals surface area contributed by atoms with Crippen molar-refractivity contribution in [1.82, 2.24) is 14.4 Å². The smallest absolute Gasteiger partial charge is 0.0876 e. The van der Waals surface area contributed by atoms with Crippen molar-refractivity contribution in [3.8, 4) is 0 Å². The third kappa shape index (κ3) is 2.23. The van der Waals surface area contributed by atoms with E-state index in [1.54, 1.807) is 0 Å². The molecule has 0 saturated carbocycles. The molecule has 21 heavy (non-hydrogen) atoms. The van der Waals surface area contributed by atoms with Gasteiger partial charge in [-0.2, -0.15) is 0 Å². The zero-order valence-corrected chi connectivity index (χ0v) is 13.5. The highest BCUT2D eigenvalue weighted by Gasteiger charge is 2.18. The second-order valence-corrected chi connectivity index (χ2v) is 6.15. The van der Waals surface area contributed by atoms with E-state index in [1.165, 1.54) is 27.4 Å². The van der Waals surface area contributed by atoms with Crippen molar-refractivity contribution in [3.63, 3.8) is 0 Å². The molecule has 0 amide bonds. The van der Waals surface area contributed by atoms with Gasteiger partial charge in [-0.1, -0.05) is 24.3 Å². The Morgan fingerprint density at radius 1 is 0.810 bits per heavy atom. The number of hydrogen-bond acceptors (Lipinski definition) is 2. The van der Waals surface area contributed by atoms with Crippen LogP contribution in [0.2, 0.25) is 0 Å². The minimum Gasteiger partial charge on any atom is -0.344 e. The first-order chi connectivity index (χ1) is 10.0. The van der Waals surface area contributed by atoms with Gasteiger partial charge in [0.05, 0.1) is 6.17 Å². The standard InChI is InChI=1S/C18H23N3/c1-19(2)18(20(3)4)13-10-11-17-15(12-13)14-8-6-7-9-16(14)21(17)5/h6-12,18H,1-5H3. The van der Waals surface area contributed by atoms with Crippen molar-refractivity contribution < 1.29 is 0 Å². The molecule has 0 atom stereocenters. The van der Waals surface area contributed by atoms with Gasteiger partial charge in [0.25, 0.3) is 0 Å². The molecule has 0 aliphatic heterocycles. The lowest BCUT2D eigenvalue weighted by Gasteiger charge is -2.31. The topological polar surface area (TPSA) is 11.4 Å². The molecule has 0 radical (unpaired) electrons. The molecule has 0 aliphatic carbocycles. The molecule has 0 aliphatic rings. The summed E-state index contributed by atoms with van der Waals surface area (Å²) in [5.41, 5.74) is 3.90. The van der Waals surface area contributed by atoms with Crippen molar-refractivity contribution >= 4 is 21.8 Å². The van der Waals surface area contributed by atoms with E-state index in [4.69, 9.17) is 0 Å². The minimum absolute atomic E-state index is 0.286. The highest BCUT2D eigenvalue weighted by molar-refractivity contribution is 6.08. The molecule has 3 aromatic rings. The van der Waals surface area contributed by atoms with E-state index < -0.39 is 0 Å². The predicted molar refractivity (Wildman–Crippen MR) is 90.5 cm³/mol. The lowest BCUT2D eigenvalue weighted by atomic mass is 10.1. The van der Waals surface area contributed by atoms with E-state index in [9.17, 15) is 0 Å². The van der Waals surface area contributed by atoms with Gasteiger partial charge < -0.3 is 4.57 Å². The molecule has 3 nitrogen and oxygen atoms in total. The van der Waals surface area contributed by atoms with Crippen LogP contribution in [-0.4, -0.2) is 42.6 Å². The molecule has 0 unspecified atom stereocenters. The summed E-state index contributed by atoms with van der Waals surface area (Å²) < 4.78 is 2.27. The van der Waals surface area contributed by atoms with Gasteiger partial charge in [0.15, 0.2) is 0 Å². The summed E-state index contributed by atoms with van der Waals surface area (Å²) in [5.74, 6) is 0. The van der Waals surface area contributed by atoms with Crippen LogP contribution in [0.1, 0.15) is 11.7 Å². The van der Waals surface area contributed by atoms with Crippen molar-refractivity contribution in [2.75, 3.05) is 28.2 Å². The molecule has 0 bridgehead atoms. The zero-order chi connectivity index (χ0) is 15.1. The third-order valence-electron chi connectivity index (χ3n) is 4.21. The fourth-order valence-electron chi connectivity index (χ4n) is 3.40. The van der Waals surface area contributed by atoms with Crippen LogP contribution in [0.5, 0.6) is 0 Å². The molecule has 0 saturated heterocycles. The second kappa shape index (κ2) is 5.17. The van der Waals surface area contributed by atoms with Gasteiger partial charge in [0.1, 0.15) is 0 Å². The summed E-state index contributed by atoms with van der Waals surface area (Å²) in [6, 6.07) is 15.4. The maximum absolute atomic E-state index is 2.34. The summed E-state index contributed by atoms with van der Waals surface area (Å²) in [7, 11) is 10.6. The van der Waals surface area contributed by atoms with Crippen molar-refractivity contribution in [1.29, 1.82) is 0 Å². The fourth-order valence-corrected chi connectivity index (χ4v) is 3.40. The van der Waals surface area contributed by atoms with E-state index in [0.29, 0.717) is 0 Å². The van der Waals surface area contributed by atoms with Crippen LogP contribution in [0.25, 0.3) is 21.8 Å². The summed E-state index contributed by atoms with van der Waals surface area (Å²) in [6.07, 6.45) is 0.286. The highest BCUT2D eigenvalue weighted by Crippen LogP contribution is 2.31. The van der Waals surface area contributed by atoms with Crippen LogP contribution < -0.4 is 0 Å². The monoisotopic (exact) mass is 281 g/mol. The average Bonchev–Trinajstić information content (AvgIpc) is 2.72. The Balaban J connectivity index is 2.27. The van der Waals surface area contributed by atoms with Crippen LogP contribution >= 0.6 is 0 Å². The molecule has 110 valence electrons. The molecule has 0 spiro atoms. The van der Waals surface area contributed by atoms with Gasteiger partial charge in [-0.05, 0) is 52.0 Å². The molecular formula is C18H23N3. The second-order valence-electron chi connectivity index (χ2n) is 6.15. The number of hydrogen-bond donors (Lipinski definition) is 0. The van der Waals surface area contributed by atoms with E-state index >= 15 is 0 Å². The minimum atomic E-state index is 0.286. The van der Waals surface area contributed by atoms with Crippen molar-refractivity contribution in [2.24, 2.45) is 7.05 Å². The average molecular weight is 281 g/mol. The number of benzene rings is 2. The zero-order valence-electron chi connectivity index (χ0n) is 13.5. The predicted octanol–water partition coefficient (Wildman–Crippen LogP) is 3.45. The van der Waals surface area contributed by atoms with Crippen LogP contribution in [0, 0.1) is 0 Å². The first-order valence-corrected chi connectivity index (χ1v) is 7.30. The quantitative estimate of drug-likeness (QED) is 0.681. The molecule has 3 rings (SSSR count). The van der Waals surface area contributed by atoms with Gasteiger partial charge in [0, 0.05) is 28.9 Å². The van der Waals surface area contributed by atoms with E-state index in [-0.39, 0.29) is 6.17 Å². The van der Waals surface area contributed by atoms with E-state index in [0.717, 1.165) is 0 Å². The van der Waals surface area contributed by atoms with Crippen molar-refractivity contribution in [3.05, 3.63) is 48.0 Å². The van der Waals surface area contributed by atoms with Crippen LogP contribution in [0.4, 0.5) is 0 Å². The molecule has 3 heteroatoms. The van der Waals surface area contributed by atoms with E-state index in [1.807, 2.05) is 0 Å². The lowest BCUT2D eigenvalue weighted by Crippen LogP contribution is -2.32. The summed E-state index contributed by atoms with van der Waals surface area (Å²) in [4.78, 5) is 4.48. The summed E-state index contributed by atoms with van der Waals surface area (Å²) in [5, 5.41) is 2.66. The number of nitrogens with zero attached hydrogens (tertiary/aromatic N) is 3. The molecule has 0 fully saturated rings. The Bertz CT molecular complexity index is 776. The number of aryl methyl sites for hydroxylation is 1. The van der Waals surface area contributed by atoms with Crippen LogP contribution in [-0.2, 0) is 7.05 Å². The number of aromatic nitrogens is 1. The van der Waals surface area contributed by atoms with E-state index in [2.05, 4.69) is 92.1 Å². The Morgan fingerprint density at radius 3 is 2.10 bits per heavy atom. The summed E-state index contributed by atoms with van der Waals surface area (Å²) >= 11 is 0. The first kappa shape index (κ1) is 14.1. The molecule has 1 aromatic heterocycles. The SMILES string of the molecule is CN(C)C(c1ccc2c(c1)c1ccccc1n2C)N(C)C. The van der Waals surface area contributed by atoms with Gasteiger partial charge >= 0.3 is 0 Å². The molecule has 2 aromatic carbocycles. The van der Waals surface area contributed by atoms with Gasteiger partial charge in [0.2, 0.25) is 0 Å². The normalized spacial score (nSPS) is 12.4. The number of para-hydroxylation sites is 1. The Labute approximate surface area is 126 Å². The maximum Gasteiger partial charge on any atom is 0.0876 e. The van der Waals surface area contributed by atoms with Crippen LogP contribution in [0.15, 0.2) is 42.5 Å². The lowest BCUT2D eigenvalue weighted by molar-refractivity contribution is 0.131. The Hall–Kier alpha value is -1.84. The number of rotatable bonds is 3. The van der Waals surface area contributed by atoms with Gasteiger partial charge in [-0.25, -0.2) is 0 Å².